The number of nitrogens with zero attached hydrogens (tertiary/aromatic N) is 5. The van der Waals surface area contributed by atoms with Gasteiger partial charge in [-0.1, -0.05) is 102 Å². The van der Waals surface area contributed by atoms with Crippen LogP contribution in [0.4, 0.5) is 9.59 Å². The van der Waals surface area contributed by atoms with Gasteiger partial charge in [-0.2, -0.15) is 5.10 Å². The lowest BCUT2D eigenvalue weighted by molar-refractivity contribution is -0.148. The Morgan fingerprint density at radius 3 is 1.41 bits per heavy atom. The molecule has 2 aliphatic rings. The number of carbonyl (C=O) groups excluding carboxylic acids is 9. The van der Waals surface area contributed by atoms with Gasteiger partial charge in [-0.3, -0.25) is 48.9 Å². The predicted molar refractivity (Wildman–Crippen MR) is 327 cm³/mol. The molecule has 0 saturated carbocycles. The summed E-state index contributed by atoms with van der Waals surface area (Å²) in [4.78, 5) is 133. The Morgan fingerprint density at radius 2 is 1.00 bits per heavy atom. The van der Waals surface area contributed by atoms with Gasteiger partial charge in [0.25, 0.3) is 11.8 Å². The van der Waals surface area contributed by atoms with Crippen molar-refractivity contribution in [3.63, 3.8) is 0 Å². The largest absolute Gasteiger partial charge is 0.444 e. The summed E-state index contributed by atoms with van der Waals surface area (Å²) in [7, 11) is 4.46. The van der Waals surface area contributed by atoms with Crippen LogP contribution in [0.1, 0.15) is 175 Å². The lowest BCUT2D eigenvalue weighted by Crippen LogP contribution is -2.67. The molecule has 1 aromatic heterocycles. The summed E-state index contributed by atoms with van der Waals surface area (Å²) in [6, 6.07) is 11.2. The Morgan fingerprint density at radius 1 is 0.586 bits per heavy atom. The summed E-state index contributed by atoms with van der Waals surface area (Å²) in [6.07, 6.45) is -1.35. The number of ether oxygens (including phenoxy) is 3. The van der Waals surface area contributed by atoms with Crippen LogP contribution in [0.25, 0.3) is 0 Å². The van der Waals surface area contributed by atoms with E-state index in [0.29, 0.717) is 0 Å². The first-order valence-corrected chi connectivity index (χ1v) is 29.7. The van der Waals surface area contributed by atoms with Gasteiger partial charge < -0.3 is 55.5 Å². The fourth-order valence-electron chi connectivity index (χ4n) is 10.3. The molecule has 3 aromatic rings. The number of aromatic nitrogens is 2. The molecule has 7 N–H and O–H groups in total. The number of hydrogen-bond acceptors (Lipinski definition) is 14. The molecule has 0 radical (unpaired) electrons. The van der Waals surface area contributed by atoms with Crippen molar-refractivity contribution in [3.8, 4) is 0 Å². The Hall–Kier alpha value is -7.60. The highest BCUT2D eigenvalue weighted by molar-refractivity contribution is 5.99. The first-order valence-electron chi connectivity index (χ1n) is 29.7. The van der Waals surface area contributed by atoms with E-state index >= 15 is 4.79 Å². The van der Waals surface area contributed by atoms with Gasteiger partial charge >= 0.3 is 12.2 Å². The summed E-state index contributed by atoms with van der Waals surface area (Å²) in [5, 5.41) is 24.9. The molecule has 2 aliphatic heterocycles. The standard InChI is InChI=1S/C63H96N12O12/c1-36(40-27-23-21-24-28-40)64-53(79)46-31-42(34-74(46)55(81)48(59(5,6)7)68-50(76)38(3)72(18)57(83)86-61(11,12)13)66-51(77)44-33-45(71-70-44)52(78)67-43-32-47(54(80)65-37(2)41-29-25-22-26-30-41)75(35-43)56(82)49(60(8,9)10)69-63(17,85-20)39(4)73(19)58(84)87-62(14,15)16/h21-30,33,36-39,42-43,46-49,69H,31-32,34-35H2,1-20H3,(H,64,79)(H,65,80)(H,66,77)(H,67,78)(H,68,76)(H,70,71)/t36-,37-,38+,39+,42+,43+,46+,47+,48-,49-,63?/m1/s1. The minimum atomic E-state index is -1.33. The fraction of sp³-hybridized carbons (Fsp3) is 0.619. The summed E-state index contributed by atoms with van der Waals surface area (Å²) in [5.41, 5.74) is -3.30. The molecule has 0 bridgehead atoms. The van der Waals surface area contributed by atoms with Gasteiger partial charge in [-0.05, 0) is 111 Å². The molecule has 24 nitrogen and oxygen atoms in total. The molecule has 2 saturated heterocycles. The van der Waals surface area contributed by atoms with E-state index in [9.17, 15) is 38.4 Å². The Bertz CT molecular complexity index is 2930. The number of aromatic amines is 1. The maximum absolute atomic E-state index is 15.2. The molecule has 0 aliphatic carbocycles. The van der Waals surface area contributed by atoms with Crippen LogP contribution in [-0.2, 0) is 38.2 Å². The van der Waals surface area contributed by atoms with Gasteiger partial charge in [-0.15, -0.1) is 0 Å². The summed E-state index contributed by atoms with van der Waals surface area (Å²) in [5.74, 6) is -4.06. The van der Waals surface area contributed by atoms with Crippen molar-refractivity contribution < 1.29 is 57.4 Å². The zero-order valence-electron chi connectivity index (χ0n) is 54.6. The average molecular weight is 1210 g/mol. The number of likely N-dealkylation sites (N-methyl/N-ethyl adjacent to an activating group) is 2. The third-order valence-electron chi connectivity index (χ3n) is 15.9. The van der Waals surface area contributed by atoms with Gasteiger partial charge in [0.15, 0.2) is 5.69 Å². The molecule has 2 aromatic carbocycles. The molecule has 87 heavy (non-hydrogen) atoms. The van der Waals surface area contributed by atoms with Crippen LogP contribution in [0, 0.1) is 10.8 Å². The fourth-order valence-corrected chi connectivity index (χ4v) is 10.3. The van der Waals surface area contributed by atoms with Gasteiger partial charge in [0.2, 0.25) is 29.5 Å². The third-order valence-corrected chi connectivity index (χ3v) is 15.9. The van der Waals surface area contributed by atoms with E-state index in [4.69, 9.17) is 14.2 Å². The molecular formula is C63H96N12O12. The highest BCUT2D eigenvalue weighted by atomic mass is 16.6. The predicted octanol–water partition coefficient (Wildman–Crippen LogP) is 5.97. The van der Waals surface area contributed by atoms with E-state index in [0.717, 1.165) is 16.0 Å². The minimum absolute atomic E-state index is 0.0141. The van der Waals surface area contributed by atoms with Gasteiger partial charge in [0, 0.05) is 52.4 Å². The number of amides is 9. The zero-order chi connectivity index (χ0) is 65.5. The topological polar surface area (TPSA) is 295 Å². The van der Waals surface area contributed by atoms with Crippen molar-refractivity contribution >= 4 is 53.5 Å². The second-order valence-electron chi connectivity index (χ2n) is 27.4. The number of methoxy groups -OCH3 is 1. The van der Waals surface area contributed by atoms with E-state index in [1.54, 1.807) is 83.2 Å². The number of nitrogens with one attached hydrogen (secondary N) is 7. The first-order chi connectivity index (χ1) is 40.2. The van der Waals surface area contributed by atoms with Crippen LogP contribution >= 0.6 is 0 Å². The van der Waals surface area contributed by atoms with Crippen molar-refractivity contribution in [1.82, 2.24) is 61.7 Å². The monoisotopic (exact) mass is 1210 g/mol. The number of carbonyl (C=O) groups is 9. The Kier molecular flexibility index (Phi) is 22.6. The van der Waals surface area contributed by atoms with E-state index in [1.165, 1.54) is 41.8 Å². The third kappa shape index (κ3) is 18.5. The van der Waals surface area contributed by atoms with E-state index in [2.05, 4.69) is 42.1 Å². The molecule has 2 fully saturated rings. The Labute approximate surface area is 513 Å². The zero-order valence-corrected chi connectivity index (χ0v) is 54.6. The quantitative estimate of drug-likeness (QED) is 0.0642. The van der Waals surface area contributed by atoms with Crippen LogP contribution in [0.3, 0.4) is 0 Å². The second kappa shape index (κ2) is 28.0. The van der Waals surface area contributed by atoms with Crippen molar-refractivity contribution in [2.75, 3.05) is 34.3 Å². The van der Waals surface area contributed by atoms with Crippen LogP contribution in [0.2, 0.25) is 0 Å². The Balaban J connectivity index is 1.38. The molecule has 3 heterocycles. The molecule has 11 atom stereocenters. The smallest absolute Gasteiger partial charge is 0.410 e. The van der Waals surface area contributed by atoms with Crippen LogP contribution in [-0.4, -0.2) is 183 Å². The highest BCUT2D eigenvalue weighted by Gasteiger charge is 2.50. The van der Waals surface area contributed by atoms with Gasteiger partial charge in [-0.25, -0.2) is 9.59 Å². The molecule has 5 rings (SSSR count). The molecule has 1 unspecified atom stereocenters. The number of hydrogen-bond donors (Lipinski definition) is 7. The normalized spacial score (nSPS) is 20.0. The van der Waals surface area contributed by atoms with Gasteiger partial charge in [0.1, 0.15) is 46.8 Å². The van der Waals surface area contributed by atoms with Crippen LogP contribution in [0.15, 0.2) is 66.7 Å². The molecule has 480 valence electrons. The first kappa shape index (κ1) is 70.2. The number of H-pyrrole nitrogens is 1. The van der Waals surface area contributed by atoms with Crippen molar-refractivity contribution in [2.45, 2.75) is 208 Å². The van der Waals surface area contributed by atoms with Crippen molar-refractivity contribution in [3.05, 3.63) is 89.2 Å². The number of benzene rings is 2. The number of rotatable bonds is 20. The van der Waals surface area contributed by atoms with Crippen molar-refractivity contribution in [2.24, 2.45) is 10.8 Å². The highest BCUT2D eigenvalue weighted by Crippen LogP contribution is 2.32. The molecular weight excluding hydrogens is 1120 g/mol. The summed E-state index contributed by atoms with van der Waals surface area (Å²) >= 11 is 0. The van der Waals surface area contributed by atoms with E-state index < -0.39 is 142 Å². The summed E-state index contributed by atoms with van der Waals surface area (Å²) < 4.78 is 17.2. The lowest BCUT2D eigenvalue weighted by Gasteiger charge is -2.45. The van der Waals surface area contributed by atoms with E-state index in [-0.39, 0.29) is 37.3 Å². The van der Waals surface area contributed by atoms with Crippen LogP contribution in [0.5, 0.6) is 0 Å². The lowest BCUT2D eigenvalue weighted by atomic mass is 9.84. The van der Waals surface area contributed by atoms with Gasteiger partial charge in [0.05, 0.1) is 24.2 Å². The van der Waals surface area contributed by atoms with E-state index in [1.807, 2.05) is 95.3 Å². The van der Waals surface area contributed by atoms with Crippen LogP contribution < -0.4 is 31.9 Å². The molecule has 0 spiro atoms. The van der Waals surface area contributed by atoms with Crippen molar-refractivity contribution in [1.29, 1.82) is 0 Å². The SMILES string of the molecule is COC(C)(N[C@H](C(=O)N1C[C@@H](NC(=O)c2cc(C(=O)N[C@H]3C[C@@H](C(=O)N[C@H](C)c4ccccc4)N(C(=O)[C@@H](NC(=O)[C@H](C)N(C)C(=O)OC(C)(C)C)C(C)(C)C)C3)n[nH]2)C[C@H]1C(=O)N[C@H](C)c1ccccc1)C(C)(C)C)[C@H](C)N(C)C(=O)OC(C)(C)C. The number of likely N-dealkylation sites (tertiary alicyclic amines) is 2. The summed E-state index contributed by atoms with van der Waals surface area (Å²) in [6.45, 7) is 29.6. The maximum Gasteiger partial charge on any atom is 0.410 e. The minimum Gasteiger partial charge on any atom is -0.444 e. The molecule has 24 heteroatoms. The second-order valence-corrected chi connectivity index (χ2v) is 27.4. The molecule has 9 amide bonds. The average Bonchev–Trinajstić information content (AvgIpc) is 1.90. The maximum atomic E-state index is 15.2.